The first-order chi connectivity index (χ1) is 9.56. The third kappa shape index (κ3) is 3.71. The second kappa shape index (κ2) is 6.38. The van der Waals surface area contributed by atoms with Gasteiger partial charge in [0, 0.05) is 18.7 Å². The minimum atomic E-state index is -0.159. The third-order valence-electron chi connectivity index (χ3n) is 2.95. The van der Waals surface area contributed by atoms with Crippen molar-refractivity contribution < 1.29 is 14.3 Å². The molecule has 0 aromatic heterocycles. The molecule has 0 spiro atoms. The molecule has 0 unspecified atom stereocenters. The van der Waals surface area contributed by atoms with Gasteiger partial charge in [0.05, 0.1) is 18.7 Å². The Labute approximate surface area is 118 Å². The first kappa shape index (κ1) is 14.3. The van der Waals surface area contributed by atoms with Crippen molar-refractivity contribution in [3.63, 3.8) is 0 Å². The van der Waals surface area contributed by atoms with Gasteiger partial charge in [-0.2, -0.15) is 0 Å². The summed E-state index contributed by atoms with van der Waals surface area (Å²) in [7, 11) is 3.89. The molecule has 0 bridgehead atoms. The van der Waals surface area contributed by atoms with E-state index in [1.165, 1.54) is 0 Å². The predicted molar refractivity (Wildman–Crippen MR) is 76.1 cm³/mol. The maximum Gasteiger partial charge on any atom is 0.251 e. The number of nitrogens with one attached hydrogen (secondary N) is 2. The Balaban J connectivity index is 2.06. The largest absolute Gasteiger partial charge is 0.491 e. The number of ether oxygens (including phenoxy) is 1. The molecular weight excluding hydrogens is 258 g/mol. The van der Waals surface area contributed by atoms with E-state index >= 15 is 0 Å². The molecule has 1 aliphatic heterocycles. The minimum Gasteiger partial charge on any atom is -0.491 e. The summed E-state index contributed by atoms with van der Waals surface area (Å²) in [4.78, 5) is 25.5. The maximum atomic E-state index is 12.0. The fourth-order valence-corrected chi connectivity index (χ4v) is 1.86. The first-order valence-corrected chi connectivity index (χ1v) is 6.56. The molecule has 1 aliphatic rings. The number of likely N-dealkylation sites (N-methyl/N-ethyl adjacent to an activating group) is 1. The number of rotatable bonds is 4. The molecule has 0 fully saturated rings. The highest BCUT2D eigenvalue weighted by Crippen LogP contribution is 2.27. The van der Waals surface area contributed by atoms with Gasteiger partial charge in [0.1, 0.15) is 5.75 Å². The average Bonchev–Trinajstić information content (AvgIpc) is 2.57. The Morgan fingerprint density at radius 2 is 2.25 bits per heavy atom. The summed E-state index contributed by atoms with van der Waals surface area (Å²) < 4.78 is 5.44. The standard InChI is InChI=1S/C14H19N3O3/c1-17(2)7-6-15-14(19)10-3-4-12-11(9-10)16-13(18)5-8-20-12/h3-4,9H,5-8H2,1-2H3,(H,15,19)(H,16,18). The fourth-order valence-electron chi connectivity index (χ4n) is 1.86. The highest BCUT2D eigenvalue weighted by molar-refractivity contribution is 5.98. The molecule has 1 heterocycles. The molecule has 0 atom stereocenters. The molecule has 6 heteroatoms. The summed E-state index contributed by atoms with van der Waals surface area (Å²) in [6.07, 6.45) is 0.318. The van der Waals surface area contributed by atoms with Crippen molar-refractivity contribution in [1.82, 2.24) is 10.2 Å². The van der Waals surface area contributed by atoms with Crippen molar-refractivity contribution in [3.05, 3.63) is 23.8 Å². The number of carbonyl (C=O) groups excluding carboxylic acids is 2. The van der Waals surface area contributed by atoms with E-state index < -0.39 is 0 Å². The highest BCUT2D eigenvalue weighted by atomic mass is 16.5. The Kier molecular flexibility index (Phi) is 4.57. The smallest absolute Gasteiger partial charge is 0.251 e. The van der Waals surface area contributed by atoms with Gasteiger partial charge in [0.15, 0.2) is 0 Å². The lowest BCUT2D eigenvalue weighted by molar-refractivity contribution is -0.116. The zero-order chi connectivity index (χ0) is 14.5. The van der Waals surface area contributed by atoms with Crippen molar-refractivity contribution in [2.24, 2.45) is 0 Å². The Bertz CT molecular complexity index is 514. The summed E-state index contributed by atoms with van der Waals surface area (Å²) in [6, 6.07) is 5.05. The molecule has 108 valence electrons. The molecule has 0 saturated carbocycles. The van der Waals surface area contributed by atoms with E-state index in [0.717, 1.165) is 6.54 Å². The van der Waals surface area contributed by atoms with Crippen LogP contribution in [0.1, 0.15) is 16.8 Å². The van der Waals surface area contributed by atoms with Crippen LogP contribution < -0.4 is 15.4 Å². The molecular formula is C14H19N3O3. The fraction of sp³-hybridized carbons (Fsp3) is 0.429. The SMILES string of the molecule is CN(C)CCNC(=O)c1ccc2c(c1)NC(=O)CCO2. The number of carbonyl (C=O) groups is 2. The van der Waals surface area contributed by atoms with Crippen molar-refractivity contribution in [3.8, 4) is 5.75 Å². The van der Waals surface area contributed by atoms with E-state index in [-0.39, 0.29) is 11.8 Å². The van der Waals surface area contributed by atoms with Gasteiger partial charge >= 0.3 is 0 Å². The quantitative estimate of drug-likeness (QED) is 0.850. The lowest BCUT2D eigenvalue weighted by Crippen LogP contribution is -2.31. The first-order valence-electron chi connectivity index (χ1n) is 6.56. The van der Waals surface area contributed by atoms with Crippen LogP contribution >= 0.6 is 0 Å². The number of fused-ring (bicyclic) bond motifs is 1. The van der Waals surface area contributed by atoms with Crippen LogP contribution in [0, 0.1) is 0 Å². The lowest BCUT2D eigenvalue weighted by Gasteiger charge is -2.12. The molecule has 20 heavy (non-hydrogen) atoms. The van der Waals surface area contributed by atoms with Gasteiger partial charge in [-0.3, -0.25) is 9.59 Å². The van der Waals surface area contributed by atoms with E-state index in [1.54, 1.807) is 18.2 Å². The van der Waals surface area contributed by atoms with E-state index in [9.17, 15) is 9.59 Å². The van der Waals surface area contributed by atoms with Crippen LogP contribution in [0.3, 0.4) is 0 Å². The molecule has 2 amide bonds. The molecule has 1 aromatic carbocycles. The number of anilines is 1. The summed E-state index contributed by atoms with van der Waals surface area (Å²) in [5.74, 6) is 0.336. The van der Waals surface area contributed by atoms with E-state index in [4.69, 9.17) is 4.74 Å². The second-order valence-corrected chi connectivity index (χ2v) is 4.92. The molecule has 0 saturated heterocycles. The summed E-state index contributed by atoms with van der Waals surface area (Å²) >= 11 is 0. The lowest BCUT2D eigenvalue weighted by atomic mass is 10.1. The van der Waals surface area contributed by atoms with Crippen LogP contribution in [0.25, 0.3) is 0 Å². The van der Waals surface area contributed by atoms with Gasteiger partial charge in [-0.15, -0.1) is 0 Å². The molecule has 2 N–H and O–H groups in total. The predicted octanol–water partition coefficient (Wildman–Crippen LogP) is 0.699. The van der Waals surface area contributed by atoms with Crippen LogP contribution in [0.15, 0.2) is 18.2 Å². The van der Waals surface area contributed by atoms with Crippen LogP contribution in [0.4, 0.5) is 5.69 Å². The minimum absolute atomic E-state index is 0.103. The topological polar surface area (TPSA) is 70.7 Å². The van der Waals surface area contributed by atoms with Gasteiger partial charge in [-0.1, -0.05) is 0 Å². The normalized spacial score (nSPS) is 14.1. The van der Waals surface area contributed by atoms with Gasteiger partial charge in [-0.05, 0) is 32.3 Å². The monoisotopic (exact) mass is 277 g/mol. The Morgan fingerprint density at radius 3 is 3.00 bits per heavy atom. The van der Waals surface area contributed by atoms with Gasteiger partial charge in [-0.25, -0.2) is 0 Å². The van der Waals surface area contributed by atoms with Gasteiger partial charge < -0.3 is 20.3 Å². The third-order valence-corrected chi connectivity index (χ3v) is 2.95. The molecule has 1 aromatic rings. The van der Waals surface area contributed by atoms with E-state index in [2.05, 4.69) is 10.6 Å². The van der Waals surface area contributed by atoms with Crippen molar-refractivity contribution in [2.45, 2.75) is 6.42 Å². The van der Waals surface area contributed by atoms with Crippen molar-refractivity contribution in [1.29, 1.82) is 0 Å². The van der Waals surface area contributed by atoms with E-state index in [0.29, 0.717) is 36.6 Å². The number of nitrogens with zero attached hydrogens (tertiary/aromatic N) is 1. The number of hydrogen-bond donors (Lipinski definition) is 2. The number of amides is 2. The Morgan fingerprint density at radius 1 is 1.45 bits per heavy atom. The average molecular weight is 277 g/mol. The van der Waals surface area contributed by atoms with E-state index in [1.807, 2.05) is 19.0 Å². The Hall–Kier alpha value is -2.08. The highest BCUT2D eigenvalue weighted by Gasteiger charge is 2.16. The van der Waals surface area contributed by atoms with Crippen LogP contribution in [0.5, 0.6) is 5.75 Å². The number of hydrogen-bond acceptors (Lipinski definition) is 4. The van der Waals surface area contributed by atoms with Crippen molar-refractivity contribution in [2.75, 3.05) is 39.1 Å². The van der Waals surface area contributed by atoms with Crippen LogP contribution in [-0.2, 0) is 4.79 Å². The zero-order valence-electron chi connectivity index (χ0n) is 11.7. The molecule has 6 nitrogen and oxygen atoms in total. The molecule has 2 rings (SSSR count). The summed E-state index contributed by atoms with van der Waals surface area (Å²) in [5.41, 5.74) is 1.06. The van der Waals surface area contributed by atoms with Gasteiger partial charge in [0.25, 0.3) is 5.91 Å². The summed E-state index contributed by atoms with van der Waals surface area (Å²) in [5, 5.41) is 5.57. The summed E-state index contributed by atoms with van der Waals surface area (Å²) in [6.45, 7) is 1.70. The second-order valence-electron chi connectivity index (χ2n) is 4.92. The van der Waals surface area contributed by atoms with Crippen molar-refractivity contribution >= 4 is 17.5 Å². The zero-order valence-corrected chi connectivity index (χ0v) is 11.7. The van der Waals surface area contributed by atoms with Gasteiger partial charge in [0.2, 0.25) is 5.91 Å². The van der Waals surface area contributed by atoms with Crippen LogP contribution in [0.2, 0.25) is 0 Å². The maximum absolute atomic E-state index is 12.0. The molecule has 0 radical (unpaired) electrons. The van der Waals surface area contributed by atoms with Crippen LogP contribution in [-0.4, -0.2) is 50.5 Å². The number of benzene rings is 1. The molecule has 0 aliphatic carbocycles.